The normalized spacial score (nSPS) is 11.5. The highest BCUT2D eigenvalue weighted by molar-refractivity contribution is 9.10. The summed E-state index contributed by atoms with van der Waals surface area (Å²) in [5.74, 6) is -0.0590. The van der Waals surface area contributed by atoms with Gasteiger partial charge in [-0.3, -0.25) is 0 Å². The molecule has 0 heterocycles. The molecule has 0 aliphatic rings. The highest BCUT2D eigenvalue weighted by atomic mass is 79.9. The molecule has 1 rings (SSSR count). The van der Waals surface area contributed by atoms with E-state index in [1.165, 1.54) is 6.07 Å². The first-order valence-electron chi connectivity index (χ1n) is 5.34. The molecule has 0 saturated carbocycles. The molecule has 0 saturated heterocycles. The molecule has 0 spiro atoms. The maximum absolute atomic E-state index is 13.3. The smallest absolute Gasteiger partial charge is 0.150 e. The molecule has 96 valence electrons. The quantitative estimate of drug-likeness (QED) is 0.819. The van der Waals surface area contributed by atoms with E-state index in [1.807, 2.05) is 0 Å². The van der Waals surface area contributed by atoms with Crippen LogP contribution in [-0.4, -0.2) is 26.5 Å². The summed E-state index contributed by atoms with van der Waals surface area (Å²) in [4.78, 5) is 0. The molecule has 0 amide bonds. The first-order valence-corrected chi connectivity index (χ1v) is 7.95. The van der Waals surface area contributed by atoms with E-state index in [0.29, 0.717) is 18.7 Å². The van der Waals surface area contributed by atoms with E-state index in [2.05, 4.69) is 21.2 Å². The minimum Gasteiger partial charge on any atom is -0.383 e. The van der Waals surface area contributed by atoms with Gasteiger partial charge in [-0.05, 0) is 24.6 Å². The summed E-state index contributed by atoms with van der Waals surface area (Å²) in [6, 6.07) is 4.60. The zero-order valence-electron chi connectivity index (χ0n) is 9.54. The molecular weight excluding hydrogens is 309 g/mol. The van der Waals surface area contributed by atoms with Crippen molar-refractivity contribution in [3.8, 4) is 0 Å². The lowest BCUT2D eigenvalue weighted by atomic mass is 10.3. The molecule has 0 bridgehead atoms. The van der Waals surface area contributed by atoms with Gasteiger partial charge >= 0.3 is 0 Å². The SMILES string of the molecule is CCS(=O)(=O)CCCNc1cc(Br)ccc1F. The molecule has 0 fully saturated rings. The number of hydrogen-bond acceptors (Lipinski definition) is 3. The van der Waals surface area contributed by atoms with Crippen molar-refractivity contribution in [3.63, 3.8) is 0 Å². The fourth-order valence-corrected chi connectivity index (χ4v) is 2.53. The number of anilines is 1. The summed E-state index contributed by atoms with van der Waals surface area (Å²) in [7, 11) is -2.94. The molecule has 1 aromatic carbocycles. The molecule has 0 aromatic heterocycles. The number of halogens is 2. The molecular formula is C11H15BrFNO2S. The molecule has 17 heavy (non-hydrogen) atoms. The first-order chi connectivity index (χ1) is 7.94. The van der Waals surface area contributed by atoms with Crippen LogP contribution in [0.2, 0.25) is 0 Å². The van der Waals surface area contributed by atoms with Gasteiger partial charge in [-0.15, -0.1) is 0 Å². The van der Waals surface area contributed by atoms with Gasteiger partial charge in [-0.25, -0.2) is 12.8 Å². The standard InChI is InChI=1S/C11H15BrFNO2S/c1-2-17(15,16)7-3-6-14-11-8-9(12)4-5-10(11)13/h4-5,8,14H,2-3,6-7H2,1H3. The number of rotatable bonds is 6. The van der Waals surface area contributed by atoms with Crippen LogP contribution in [0.25, 0.3) is 0 Å². The maximum atomic E-state index is 13.3. The van der Waals surface area contributed by atoms with Crippen LogP contribution in [0.1, 0.15) is 13.3 Å². The zero-order valence-corrected chi connectivity index (χ0v) is 11.9. The van der Waals surface area contributed by atoms with E-state index in [-0.39, 0.29) is 17.3 Å². The van der Waals surface area contributed by atoms with Crippen LogP contribution < -0.4 is 5.32 Å². The first kappa shape index (κ1) is 14.4. The molecule has 0 radical (unpaired) electrons. The fourth-order valence-electron chi connectivity index (χ4n) is 1.29. The lowest BCUT2D eigenvalue weighted by Crippen LogP contribution is -2.13. The van der Waals surface area contributed by atoms with Crippen LogP contribution in [0.4, 0.5) is 10.1 Å². The highest BCUT2D eigenvalue weighted by Gasteiger charge is 2.07. The molecule has 0 unspecified atom stereocenters. The van der Waals surface area contributed by atoms with E-state index >= 15 is 0 Å². The van der Waals surface area contributed by atoms with Gasteiger partial charge < -0.3 is 5.32 Å². The third-order valence-electron chi connectivity index (χ3n) is 2.32. The van der Waals surface area contributed by atoms with E-state index in [0.717, 1.165) is 4.47 Å². The molecule has 0 atom stereocenters. The van der Waals surface area contributed by atoms with Crippen LogP contribution >= 0.6 is 15.9 Å². The Kier molecular flexibility index (Phi) is 5.39. The number of hydrogen-bond donors (Lipinski definition) is 1. The van der Waals surface area contributed by atoms with Gasteiger partial charge in [0.15, 0.2) is 0 Å². The Morgan fingerprint density at radius 3 is 2.76 bits per heavy atom. The average Bonchev–Trinajstić information content (AvgIpc) is 2.29. The molecule has 6 heteroatoms. The van der Waals surface area contributed by atoms with Crippen LogP contribution in [-0.2, 0) is 9.84 Å². The predicted molar refractivity (Wildman–Crippen MR) is 71.5 cm³/mol. The fraction of sp³-hybridized carbons (Fsp3) is 0.455. The van der Waals surface area contributed by atoms with Crippen LogP contribution in [0.15, 0.2) is 22.7 Å². The van der Waals surface area contributed by atoms with Gasteiger partial charge in [0.25, 0.3) is 0 Å². The zero-order chi connectivity index (χ0) is 12.9. The molecule has 1 aromatic rings. The maximum Gasteiger partial charge on any atom is 0.150 e. The van der Waals surface area contributed by atoms with E-state index in [9.17, 15) is 12.8 Å². The third kappa shape index (κ3) is 5.04. The monoisotopic (exact) mass is 323 g/mol. The van der Waals surface area contributed by atoms with Gasteiger partial charge in [0.05, 0.1) is 11.4 Å². The van der Waals surface area contributed by atoms with Gasteiger partial charge in [-0.1, -0.05) is 22.9 Å². The van der Waals surface area contributed by atoms with Gasteiger partial charge in [-0.2, -0.15) is 0 Å². The van der Waals surface area contributed by atoms with Gasteiger partial charge in [0, 0.05) is 16.8 Å². The van der Waals surface area contributed by atoms with Crippen molar-refractivity contribution >= 4 is 31.5 Å². The number of nitrogens with one attached hydrogen (secondary N) is 1. The summed E-state index contributed by atoms with van der Waals surface area (Å²) in [5, 5.41) is 2.88. The van der Waals surface area contributed by atoms with Crippen molar-refractivity contribution < 1.29 is 12.8 Å². The number of benzene rings is 1. The minimum absolute atomic E-state index is 0.131. The lowest BCUT2D eigenvalue weighted by Gasteiger charge is -2.07. The van der Waals surface area contributed by atoms with Crippen molar-refractivity contribution in [1.82, 2.24) is 0 Å². The Hall–Kier alpha value is -0.620. The highest BCUT2D eigenvalue weighted by Crippen LogP contribution is 2.19. The second-order valence-electron chi connectivity index (χ2n) is 3.64. The van der Waals surface area contributed by atoms with Crippen molar-refractivity contribution in [2.75, 3.05) is 23.4 Å². The molecule has 0 aliphatic heterocycles. The summed E-state index contributed by atoms with van der Waals surface area (Å²) < 4.78 is 36.5. The predicted octanol–water partition coefficient (Wildman–Crippen LogP) is 2.82. The average molecular weight is 324 g/mol. The van der Waals surface area contributed by atoms with Crippen LogP contribution in [0, 0.1) is 5.82 Å². The Morgan fingerprint density at radius 1 is 1.41 bits per heavy atom. The second kappa shape index (κ2) is 6.35. The minimum atomic E-state index is -2.94. The van der Waals surface area contributed by atoms with Gasteiger partial charge in [0.2, 0.25) is 0 Å². The Balaban J connectivity index is 2.44. The topological polar surface area (TPSA) is 46.2 Å². The summed E-state index contributed by atoms with van der Waals surface area (Å²) in [5.41, 5.74) is 0.383. The summed E-state index contributed by atoms with van der Waals surface area (Å²) in [6.45, 7) is 2.06. The van der Waals surface area contributed by atoms with E-state index < -0.39 is 9.84 Å². The third-order valence-corrected chi connectivity index (χ3v) is 4.60. The largest absolute Gasteiger partial charge is 0.383 e. The van der Waals surface area contributed by atoms with Crippen molar-refractivity contribution in [3.05, 3.63) is 28.5 Å². The number of sulfone groups is 1. The van der Waals surface area contributed by atoms with Crippen molar-refractivity contribution in [1.29, 1.82) is 0 Å². The Morgan fingerprint density at radius 2 is 2.12 bits per heavy atom. The van der Waals surface area contributed by atoms with Crippen molar-refractivity contribution in [2.45, 2.75) is 13.3 Å². The van der Waals surface area contributed by atoms with E-state index in [1.54, 1.807) is 19.1 Å². The van der Waals surface area contributed by atoms with Crippen LogP contribution in [0.5, 0.6) is 0 Å². The summed E-state index contributed by atoms with van der Waals surface area (Å²) >= 11 is 3.25. The Bertz CT molecular complexity index is 476. The Labute approximate surface area is 109 Å². The molecule has 1 N–H and O–H groups in total. The molecule has 3 nitrogen and oxygen atoms in total. The van der Waals surface area contributed by atoms with Gasteiger partial charge in [0.1, 0.15) is 15.7 Å². The second-order valence-corrected chi connectivity index (χ2v) is 7.03. The lowest BCUT2D eigenvalue weighted by molar-refractivity contribution is 0.595. The molecule has 0 aliphatic carbocycles. The van der Waals surface area contributed by atoms with Crippen molar-refractivity contribution in [2.24, 2.45) is 0 Å². The van der Waals surface area contributed by atoms with Crippen LogP contribution in [0.3, 0.4) is 0 Å². The van der Waals surface area contributed by atoms with E-state index in [4.69, 9.17) is 0 Å². The summed E-state index contributed by atoms with van der Waals surface area (Å²) in [6.07, 6.45) is 0.474.